The fraction of sp³-hybridized carbons (Fsp3) is 0. The monoisotopic (exact) mass is 225 g/mol. The van der Waals surface area contributed by atoms with Gasteiger partial charge in [-0.3, -0.25) is 4.57 Å². The van der Waals surface area contributed by atoms with E-state index in [2.05, 4.69) is 0 Å². The third-order valence-corrected chi connectivity index (χ3v) is 2.83. The Labute approximate surface area is 98.2 Å². The van der Waals surface area contributed by atoms with Crippen molar-refractivity contribution < 1.29 is 10.2 Å². The number of hydrogen-bond donors (Lipinski definition) is 2. The normalized spacial score (nSPS) is 10.8. The van der Waals surface area contributed by atoms with E-state index in [1.165, 1.54) is 16.7 Å². The Morgan fingerprint density at radius 1 is 0.706 bits per heavy atom. The molecular weight excluding hydrogens is 214 g/mol. The SMILES string of the molecule is Oc1ccc(O)n1-c1ccc2ccccc2c1. The highest BCUT2D eigenvalue weighted by atomic mass is 16.3. The molecular formula is C14H11NO2. The Balaban J connectivity index is 2.25. The van der Waals surface area contributed by atoms with Crippen LogP contribution in [0.15, 0.2) is 54.6 Å². The molecule has 1 aromatic heterocycles. The molecule has 0 saturated carbocycles. The third-order valence-electron chi connectivity index (χ3n) is 2.83. The number of fused-ring (bicyclic) bond motifs is 1. The summed E-state index contributed by atoms with van der Waals surface area (Å²) in [5.74, 6) is 0.0514. The highest BCUT2D eigenvalue weighted by Crippen LogP contribution is 2.28. The summed E-state index contributed by atoms with van der Waals surface area (Å²) in [4.78, 5) is 0. The summed E-state index contributed by atoms with van der Waals surface area (Å²) in [5, 5.41) is 21.5. The number of aromatic nitrogens is 1. The Kier molecular flexibility index (Phi) is 2.05. The zero-order chi connectivity index (χ0) is 11.8. The molecule has 0 amide bonds. The Bertz CT molecular complexity index is 666. The lowest BCUT2D eigenvalue weighted by atomic mass is 10.1. The van der Waals surface area contributed by atoms with Crippen LogP contribution < -0.4 is 0 Å². The fourth-order valence-electron chi connectivity index (χ4n) is 2.00. The summed E-state index contributed by atoms with van der Waals surface area (Å²) >= 11 is 0. The molecule has 3 rings (SSSR count). The molecule has 0 spiro atoms. The number of nitrogens with zero attached hydrogens (tertiary/aromatic N) is 1. The minimum absolute atomic E-state index is 0.0257. The van der Waals surface area contributed by atoms with Crippen LogP contribution in [0.2, 0.25) is 0 Å². The first-order valence-corrected chi connectivity index (χ1v) is 5.34. The van der Waals surface area contributed by atoms with Gasteiger partial charge in [0.25, 0.3) is 0 Å². The maximum absolute atomic E-state index is 9.66. The van der Waals surface area contributed by atoms with Gasteiger partial charge < -0.3 is 10.2 Å². The van der Waals surface area contributed by atoms with Gasteiger partial charge in [0, 0.05) is 12.1 Å². The van der Waals surface area contributed by atoms with Crippen LogP contribution in [-0.2, 0) is 0 Å². The Hall–Kier alpha value is -2.42. The van der Waals surface area contributed by atoms with Crippen LogP contribution in [0.4, 0.5) is 0 Å². The summed E-state index contributed by atoms with van der Waals surface area (Å²) < 4.78 is 1.40. The van der Waals surface area contributed by atoms with Crippen LogP contribution in [0.5, 0.6) is 11.8 Å². The number of aromatic hydroxyl groups is 2. The van der Waals surface area contributed by atoms with Crippen LogP contribution in [0.1, 0.15) is 0 Å². The fourth-order valence-corrected chi connectivity index (χ4v) is 2.00. The molecule has 0 bridgehead atoms. The zero-order valence-corrected chi connectivity index (χ0v) is 9.04. The zero-order valence-electron chi connectivity index (χ0n) is 9.04. The van der Waals surface area contributed by atoms with Gasteiger partial charge in [0.05, 0.1) is 5.69 Å². The molecule has 3 aromatic rings. The maximum Gasteiger partial charge on any atom is 0.198 e. The van der Waals surface area contributed by atoms with Crippen molar-refractivity contribution in [3.05, 3.63) is 54.6 Å². The predicted octanol–water partition coefficient (Wildman–Crippen LogP) is 3.04. The third kappa shape index (κ3) is 1.52. The van der Waals surface area contributed by atoms with Gasteiger partial charge in [0.15, 0.2) is 11.8 Å². The first-order chi connectivity index (χ1) is 8.25. The van der Waals surface area contributed by atoms with Crippen molar-refractivity contribution in [2.75, 3.05) is 0 Å². The molecule has 0 saturated heterocycles. The van der Waals surface area contributed by atoms with Crippen LogP contribution in [0, 0.1) is 0 Å². The molecule has 17 heavy (non-hydrogen) atoms. The maximum atomic E-state index is 9.66. The molecule has 0 unspecified atom stereocenters. The highest BCUT2D eigenvalue weighted by Gasteiger charge is 2.08. The smallest absolute Gasteiger partial charge is 0.198 e. The van der Waals surface area contributed by atoms with E-state index in [0.29, 0.717) is 0 Å². The molecule has 3 nitrogen and oxygen atoms in total. The van der Waals surface area contributed by atoms with Crippen molar-refractivity contribution in [2.45, 2.75) is 0 Å². The summed E-state index contributed by atoms with van der Waals surface area (Å²) in [6.07, 6.45) is 0. The second-order valence-electron chi connectivity index (χ2n) is 3.92. The largest absolute Gasteiger partial charge is 0.494 e. The van der Waals surface area contributed by atoms with E-state index in [0.717, 1.165) is 16.5 Å². The van der Waals surface area contributed by atoms with E-state index in [4.69, 9.17) is 0 Å². The minimum Gasteiger partial charge on any atom is -0.494 e. The average Bonchev–Trinajstić information content (AvgIpc) is 2.68. The number of rotatable bonds is 1. The van der Waals surface area contributed by atoms with Gasteiger partial charge in [0.2, 0.25) is 0 Å². The lowest BCUT2D eigenvalue weighted by Gasteiger charge is -2.07. The van der Waals surface area contributed by atoms with Gasteiger partial charge in [-0.25, -0.2) is 0 Å². The highest BCUT2D eigenvalue weighted by molar-refractivity contribution is 5.84. The van der Waals surface area contributed by atoms with Gasteiger partial charge in [-0.15, -0.1) is 0 Å². The van der Waals surface area contributed by atoms with Crippen molar-refractivity contribution in [2.24, 2.45) is 0 Å². The number of benzene rings is 2. The minimum atomic E-state index is 0.0257. The van der Waals surface area contributed by atoms with E-state index in [1.807, 2.05) is 42.5 Å². The molecule has 0 radical (unpaired) electrons. The van der Waals surface area contributed by atoms with Gasteiger partial charge in [-0.2, -0.15) is 0 Å². The molecule has 84 valence electrons. The number of hydrogen-bond acceptors (Lipinski definition) is 2. The standard InChI is InChI=1S/C14H11NO2/c16-13-7-8-14(17)15(13)12-6-5-10-3-1-2-4-11(10)9-12/h1-9,16-17H. The molecule has 0 aliphatic carbocycles. The van der Waals surface area contributed by atoms with Crippen molar-refractivity contribution in [1.82, 2.24) is 4.57 Å². The molecule has 0 atom stereocenters. The summed E-state index contributed by atoms with van der Waals surface area (Å²) in [6.45, 7) is 0. The molecule has 0 aliphatic rings. The Morgan fingerprint density at radius 2 is 1.35 bits per heavy atom. The van der Waals surface area contributed by atoms with Crippen LogP contribution in [0.3, 0.4) is 0 Å². The summed E-state index contributed by atoms with van der Waals surface area (Å²) in [6, 6.07) is 16.6. The van der Waals surface area contributed by atoms with Crippen molar-refractivity contribution in [3.8, 4) is 17.4 Å². The van der Waals surface area contributed by atoms with Gasteiger partial charge >= 0.3 is 0 Å². The van der Waals surface area contributed by atoms with E-state index in [1.54, 1.807) is 0 Å². The summed E-state index contributed by atoms with van der Waals surface area (Å²) in [7, 11) is 0. The molecule has 3 heteroatoms. The summed E-state index contributed by atoms with van der Waals surface area (Å²) in [5.41, 5.74) is 0.740. The topological polar surface area (TPSA) is 45.4 Å². The van der Waals surface area contributed by atoms with Crippen LogP contribution in [0.25, 0.3) is 16.5 Å². The lowest BCUT2D eigenvalue weighted by molar-refractivity contribution is 0.402. The first-order valence-electron chi connectivity index (χ1n) is 5.34. The lowest BCUT2D eigenvalue weighted by Crippen LogP contribution is -1.92. The second kappa shape index (κ2) is 3.56. The van der Waals surface area contributed by atoms with E-state index < -0.39 is 0 Å². The molecule has 2 aromatic carbocycles. The van der Waals surface area contributed by atoms with Crippen molar-refractivity contribution >= 4 is 10.8 Å². The molecule has 0 fully saturated rings. The van der Waals surface area contributed by atoms with Crippen LogP contribution in [-0.4, -0.2) is 14.8 Å². The van der Waals surface area contributed by atoms with Crippen molar-refractivity contribution in [3.63, 3.8) is 0 Å². The van der Waals surface area contributed by atoms with Gasteiger partial charge in [-0.1, -0.05) is 30.3 Å². The quantitative estimate of drug-likeness (QED) is 0.668. The van der Waals surface area contributed by atoms with E-state index in [9.17, 15) is 10.2 Å². The molecule has 1 heterocycles. The second-order valence-corrected chi connectivity index (χ2v) is 3.92. The first kappa shape index (κ1) is 9.78. The predicted molar refractivity (Wildman–Crippen MR) is 66.6 cm³/mol. The van der Waals surface area contributed by atoms with E-state index in [-0.39, 0.29) is 11.8 Å². The average molecular weight is 225 g/mol. The molecule has 0 aliphatic heterocycles. The van der Waals surface area contributed by atoms with Gasteiger partial charge in [0.1, 0.15) is 0 Å². The van der Waals surface area contributed by atoms with E-state index >= 15 is 0 Å². The molecule has 2 N–H and O–H groups in total. The van der Waals surface area contributed by atoms with Crippen LogP contribution >= 0.6 is 0 Å². The van der Waals surface area contributed by atoms with Gasteiger partial charge in [-0.05, 0) is 22.9 Å². The van der Waals surface area contributed by atoms with Crippen molar-refractivity contribution in [1.29, 1.82) is 0 Å². The Morgan fingerprint density at radius 3 is 2.06 bits per heavy atom.